The van der Waals surface area contributed by atoms with Crippen molar-refractivity contribution in [3.05, 3.63) is 52.1 Å². The van der Waals surface area contributed by atoms with E-state index in [1.165, 1.54) is 6.07 Å². The maximum Gasteiger partial charge on any atom is 0.339 e. The summed E-state index contributed by atoms with van der Waals surface area (Å²) in [5.74, 6) is -0.794. The number of hydrogen-bond acceptors (Lipinski definition) is 6. The first-order chi connectivity index (χ1) is 11.6. The van der Waals surface area contributed by atoms with Crippen LogP contribution in [-0.2, 0) is 6.42 Å². The van der Waals surface area contributed by atoms with Crippen molar-refractivity contribution in [1.82, 2.24) is 0 Å². The monoisotopic (exact) mass is 352 g/mol. The third-order valence-electron chi connectivity index (χ3n) is 4.39. The Bertz CT molecular complexity index is 660. The number of aliphatic hydroxyl groups is 3. The van der Waals surface area contributed by atoms with E-state index in [1.54, 1.807) is 19.1 Å². The molecule has 0 bridgehead atoms. The second-order valence-corrected chi connectivity index (χ2v) is 6.44. The zero-order chi connectivity index (χ0) is 19.1. The fourth-order valence-corrected chi connectivity index (χ4v) is 2.39. The van der Waals surface area contributed by atoms with Crippen LogP contribution in [0.1, 0.15) is 33.5 Å². The van der Waals surface area contributed by atoms with E-state index >= 15 is 0 Å². The molecule has 25 heavy (non-hydrogen) atoms. The summed E-state index contributed by atoms with van der Waals surface area (Å²) in [4.78, 5) is 11.2. The van der Waals surface area contributed by atoms with E-state index in [2.05, 4.69) is 0 Å². The van der Waals surface area contributed by atoms with E-state index in [4.69, 9.17) is 4.42 Å². The molecule has 0 spiro atoms. The molecule has 0 aliphatic heterocycles. The molecule has 5 unspecified atom stereocenters. The Labute approximate surface area is 147 Å². The summed E-state index contributed by atoms with van der Waals surface area (Å²) >= 11 is 0. The molecule has 0 aliphatic rings. The summed E-state index contributed by atoms with van der Waals surface area (Å²) in [7, 11) is 0. The summed E-state index contributed by atoms with van der Waals surface area (Å²) < 4.78 is 4.91. The second-order valence-electron chi connectivity index (χ2n) is 6.44. The standard InChI is InChI=1S/C19H28O6/c1-5-11(2)19(24)12(3)6-7-16(21)13(4)17(22)10-15-8-14(20)9-18(23)25-15/h5-9,12-13,16-17,19-22,24H,10H2,1-4H3. The Hall–Kier alpha value is -1.89. The molecular weight excluding hydrogens is 324 g/mol. The van der Waals surface area contributed by atoms with Crippen LogP contribution in [-0.4, -0.2) is 38.7 Å². The molecule has 6 nitrogen and oxygen atoms in total. The van der Waals surface area contributed by atoms with Gasteiger partial charge in [-0.05, 0) is 19.4 Å². The maximum absolute atomic E-state index is 11.2. The average molecular weight is 352 g/mol. The van der Waals surface area contributed by atoms with E-state index in [1.807, 2.05) is 26.8 Å². The van der Waals surface area contributed by atoms with Gasteiger partial charge in [0.2, 0.25) is 0 Å². The van der Waals surface area contributed by atoms with Crippen LogP contribution in [0.5, 0.6) is 5.75 Å². The maximum atomic E-state index is 11.2. The van der Waals surface area contributed by atoms with Gasteiger partial charge in [-0.15, -0.1) is 0 Å². The third-order valence-corrected chi connectivity index (χ3v) is 4.39. The molecule has 1 aromatic heterocycles. The van der Waals surface area contributed by atoms with Gasteiger partial charge in [0, 0.05) is 24.3 Å². The first kappa shape index (κ1) is 21.2. The van der Waals surface area contributed by atoms with Gasteiger partial charge in [0.25, 0.3) is 0 Å². The molecule has 0 amide bonds. The van der Waals surface area contributed by atoms with Gasteiger partial charge in [0.15, 0.2) is 0 Å². The van der Waals surface area contributed by atoms with E-state index in [0.717, 1.165) is 11.6 Å². The Morgan fingerprint density at radius 2 is 1.84 bits per heavy atom. The molecule has 1 heterocycles. The lowest BCUT2D eigenvalue weighted by atomic mass is 9.92. The summed E-state index contributed by atoms with van der Waals surface area (Å²) in [6, 6.07) is 2.20. The molecule has 1 rings (SSSR count). The van der Waals surface area contributed by atoms with Crippen molar-refractivity contribution in [3.63, 3.8) is 0 Å². The Morgan fingerprint density at radius 1 is 1.20 bits per heavy atom. The lowest BCUT2D eigenvalue weighted by Crippen LogP contribution is -2.30. The summed E-state index contributed by atoms with van der Waals surface area (Å²) in [6.07, 6.45) is 2.55. The molecule has 1 aromatic rings. The van der Waals surface area contributed by atoms with Gasteiger partial charge in [-0.1, -0.05) is 32.1 Å². The first-order valence-electron chi connectivity index (χ1n) is 8.34. The quantitative estimate of drug-likeness (QED) is 0.531. The van der Waals surface area contributed by atoms with Crippen molar-refractivity contribution in [2.24, 2.45) is 11.8 Å². The van der Waals surface area contributed by atoms with Crippen LogP contribution in [0.25, 0.3) is 0 Å². The minimum atomic E-state index is -0.970. The smallest absolute Gasteiger partial charge is 0.339 e. The predicted octanol–water partition coefficient (Wildman–Crippen LogP) is 1.77. The summed E-state index contributed by atoms with van der Waals surface area (Å²) in [5.41, 5.74) is 0.149. The molecule has 0 aliphatic carbocycles. The van der Waals surface area contributed by atoms with Crippen LogP contribution < -0.4 is 5.63 Å². The van der Waals surface area contributed by atoms with Crippen molar-refractivity contribution >= 4 is 0 Å². The topological polar surface area (TPSA) is 111 Å². The normalized spacial score (nSPS) is 18.8. The van der Waals surface area contributed by atoms with Gasteiger partial charge in [-0.25, -0.2) is 4.79 Å². The van der Waals surface area contributed by atoms with E-state index in [-0.39, 0.29) is 23.8 Å². The van der Waals surface area contributed by atoms with Crippen molar-refractivity contribution < 1.29 is 24.8 Å². The predicted molar refractivity (Wildman–Crippen MR) is 95.3 cm³/mol. The molecule has 4 N–H and O–H groups in total. The number of aliphatic hydroxyl groups excluding tert-OH is 3. The minimum Gasteiger partial charge on any atom is -0.508 e. The lowest BCUT2D eigenvalue weighted by molar-refractivity contribution is 0.0416. The molecule has 0 saturated heterocycles. The lowest BCUT2D eigenvalue weighted by Gasteiger charge is -2.22. The van der Waals surface area contributed by atoms with Gasteiger partial charge in [0.05, 0.1) is 24.4 Å². The molecular formula is C19H28O6. The average Bonchev–Trinajstić information content (AvgIpc) is 2.56. The van der Waals surface area contributed by atoms with Crippen LogP contribution in [0.4, 0.5) is 0 Å². The number of aromatic hydroxyl groups is 1. The molecule has 0 fully saturated rings. The minimum absolute atomic E-state index is 0.00837. The highest BCUT2D eigenvalue weighted by Gasteiger charge is 2.23. The second kappa shape index (κ2) is 9.56. The van der Waals surface area contributed by atoms with Gasteiger partial charge in [-0.3, -0.25) is 0 Å². The van der Waals surface area contributed by atoms with Crippen molar-refractivity contribution in [2.45, 2.75) is 52.4 Å². The molecule has 0 aromatic carbocycles. The zero-order valence-electron chi connectivity index (χ0n) is 15.1. The summed E-state index contributed by atoms with van der Waals surface area (Å²) in [6.45, 7) is 7.19. The highest BCUT2D eigenvalue weighted by atomic mass is 16.4. The number of allylic oxidation sites excluding steroid dienone is 1. The van der Waals surface area contributed by atoms with Crippen molar-refractivity contribution in [2.75, 3.05) is 0 Å². The SMILES string of the molecule is CC=C(C)C(O)C(C)C=CC(O)C(C)C(O)Cc1cc(O)cc(=O)o1. The van der Waals surface area contributed by atoms with E-state index in [9.17, 15) is 25.2 Å². The zero-order valence-corrected chi connectivity index (χ0v) is 15.1. The highest BCUT2D eigenvalue weighted by Crippen LogP contribution is 2.19. The van der Waals surface area contributed by atoms with Crippen molar-refractivity contribution in [1.29, 1.82) is 0 Å². The van der Waals surface area contributed by atoms with Crippen LogP contribution in [0.15, 0.2) is 45.1 Å². The Kier molecular flexibility index (Phi) is 8.09. The van der Waals surface area contributed by atoms with Gasteiger partial charge >= 0.3 is 5.63 Å². The van der Waals surface area contributed by atoms with Crippen LogP contribution >= 0.6 is 0 Å². The Balaban J connectivity index is 2.69. The van der Waals surface area contributed by atoms with E-state index in [0.29, 0.717) is 0 Å². The van der Waals surface area contributed by atoms with Crippen LogP contribution in [0, 0.1) is 11.8 Å². The fraction of sp³-hybridized carbons (Fsp3) is 0.526. The Morgan fingerprint density at radius 3 is 2.40 bits per heavy atom. The molecule has 0 radical (unpaired) electrons. The fourth-order valence-electron chi connectivity index (χ4n) is 2.39. The molecule has 5 atom stereocenters. The van der Waals surface area contributed by atoms with E-state index < -0.39 is 29.9 Å². The van der Waals surface area contributed by atoms with Crippen molar-refractivity contribution in [3.8, 4) is 5.75 Å². The number of hydrogen-bond donors (Lipinski definition) is 4. The third kappa shape index (κ3) is 6.49. The summed E-state index contributed by atoms with van der Waals surface area (Å²) in [5, 5.41) is 39.9. The highest BCUT2D eigenvalue weighted by molar-refractivity contribution is 5.19. The van der Waals surface area contributed by atoms with Gasteiger partial charge < -0.3 is 24.8 Å². The van der Waals surface area contributed by atoms with Crippen LogP contribution in [0.3, 0.4) is 0 Å². The largest absolute Gasteiger partial charge is 0.508 e. The first-order valence-corrected chi connectivity index (χ1v) is 8.34. The van der Waals surface area contributed by atoms with Gasteiger partial charge in [-0.2, -0.15) is 0 Å². The molecule has 0 saturated carbocycles. The molecule has 6 heteroatoms. The van der Waals surface area contributed by atoms with Gasteiger partial charge in [0.1, 0.15) is 11.5 Å². The number of rotatable bonds is 8. The molecule has 140 valence electrons. The van der Waals surface area contributed by atoms with Crippen LogP contribution in [0.2, 0.25) is 0 Å².